The van der Waals surface area contributed by atoms with Crippen molar-refractivity contribution in [2.24, 2.45) is 5.73 Å². The molecule has 13 heavy (non-hydrogen) atoms. The van der Waals surface area contributed by atoms with E-state index in [9.17, 15) is 4.79 Å². The van der Waals surface area contributed by atoms with Crippen LogP contribution in [0, 0.1) is 0 Å². The van der Waals surface area contributed by atoms with Crippen LogP contribution in [0.1, 0.15) is 32.6 Å². The highest BCUT2D eigenvalue weighted by molar-refractivity contribution is 5.79. The van der Waals surface area contributed by atoms with Crippen molar-refractivity contribution < 1.29 is 9.53 Å². The Morgan fingerprint density at radius 2 is 2.08 bits per heavy atom. The first-order valence-electron chi connectivity index (χ1n) is 4.72. The van der Waals surface area contributed by atoms with Gasteiger partial charge in [-0.15, -0.1) is 0 Å². The van der Waals surface area contributed by atoms with Crippen molar-refractivity contribution in [3.63, 3.8) is 0 Å². The maximum atomic E-state index is 11.3. The molecule has 0 aliphatic heterocycles. The Bertz CT molecular complexity index is 207. The van der Waals surface area contributed by atoms with Gasteiger partial charge in [-0.05, 0) is 32.6 Å². The van der Waals surface area contributed by atoms with E-state index in [2.05, 4.69) is 6.58 Å². The minimum absolute atomic E-state index is 0.0953. The first-order valence-corrected chi connectivity index (χ1v) is 4.72. The molecule has 0 aromatic heterocycles. The number of rotatable bonds is 3. The molecule has 1 atom stereocenters. The average Bonchev–Trinajstić information content (AvgIpc) is 2.55. The van der Waals surface area contributed by atoms with Crippen molar-refractivity contribution >= 4 is 5.97 Å². The monoisotopic (exact) mass is 183 g/mol. The predicted molar refractivity (Wildman–Crippen MR) is 51.1 cm³/mol. The highest BCUT2D eigenvalue weighted by Gasteiger charge is 2.23. The van der Waals surface area contributed by atoms with E-state index in [-0.39, 0.29) is 12.1 Å². The maximum Gasteiger partial charge on any atom is 0.327 e. The van der Waals surface area contributed by atoms with E-state index in [1.807, 2.05) is 0 Å². The van der Waals surface area contributed by atoms with Crippen LogP contribution < -0.4 is 5.73 Å². The standard InChI is InChI=1S/C10H17NO2/c1-7(2)9(11)10(12)13-8-5-3-4-6-8/h8-9H,1,3-6,11H2,2H3/t9-/m0/s1. The van der Waals surface area contributed by atoms with Crippen LogP contribution in [0.3, 0.4) is 0 Å². The number of hydrogen-bond donors (Lipinski definition) is 1. The normalized spacial score (nSPS) is 19.8. The first kappa shape index (κ1) is 10.3. The fourth-order valence-electron chi connectivity index (χ4n) is 1.44. The summed E-state index contributed by atoms with van der Waals surface area (Å²) in [5, 5.41) is 0. The van der Waals surface area contributed by atoms with Gasteiger partial charge in [0.2, 0.25) is 0 Å². The highest BCUT2D eigenvalue weighted by Crippen LogP contribution is 2.21. The molecule has 0 unspecified atom stereocenters. The van der Waals surface area contributed by atoms with E-state index < -0.39 is 6.04 Å². The third-order valence-electron chi connectivity index (χ3n) is 2.37. The summed E-state index contributed by atoms with van der Waals surface area (Å²) >= 11 is 0. The van der Waals surface area contributed by atoms with E-state index in [0.717, 1.165) is 25.7 Å². The minimum Gasteiger partial charge on any atom is -0.461 e. The largest absolute Gasteiger partial charge is 0.461 e. The van der Waals surface area contributed by atoms with Gasteiger partial charge in [0, 0.05) is 0 Å². The molecule has 0 amide bonds. The molecule has 1 saturated carbocycles. The summed E-state index contributed by atoms with van der Waals surface area (Å²) in [4.78, 5) is 11.3. The van der Waals surface area contributed by atoms with Gasteiger partial charge in [0.25, 0.3) is 0 Å². The number of hydrogen-bond acceptors (Lipinski definition) is 3. The second kappa shape index (κ2) is 4.42. The van der Waals surface area contributed by atoms with E-state index in [1.54, 1.807) is 6.92 Å². The highest BCUT2D eigenvalue weighted by atomic mass is 16.5. The Balaban J connectivity index is 2.35. The molecule has 0 radical (unpaired) electrons. The van der Waals surface area contributed by atoms with E-state index in [0.29, 0.717) is 5.57 Å². The topological polar surface area (TPSA) is 52.3 Å². The molecule has 0 spiro atoms. The molecule has 3 nitrogen and oxygen atoms in total. The number of esters is 1. The molecule has 2 N–H and O–H groups in total. The SMILES string of the molecule is C=C(C)[C@H](N)C(=O)OC1CCCC1. The van der Waals surface area contributed by atoms with Crippen LogP contribution in [0.15, 0.2) is 12.2 Å². The summed E-state index contributed by atoms with van der Waals surface area (Å²) < 4.78 is 5.21. The molecule has 0 bridgehead atoms. The van der Waals surface area contributed by atoms with Gasteiger partial charge in [0.15, 0.2) is 0 Å². The van der Waals surface area contributed by atoms with Crippen molar-refractivity contribution in [3.8, 4) is 0 Å². The molecule has 1 aliphatic carbocycles. The van der Waals surface area contributed by atoms with E-state index in [1.165, 1.54) is 0 Å². The average molecular weight is 183 g/mol. The molecule has 3 heteroatoms. The minimum atomic E-state index is -0.652. The predicted octanol–water partition coefficient (Wildman–Crippen LogP) is 1.38. The Kier molecular flexibility index (Phi) is 3.48. The molecule has 0 aromatic rings. The lowest BCUT2D eigenvalue weighted by Gasteiger charge is -2.15. The Labute approximate surface area is 78.9 Å². The zero-order chi connectivity index (χ0) is 9.84. The van der Waals surface area contributed by atoms with Crippen LogP contribution in [-0.4, -0.2) is 18.1 Å². The molecule has 0 heterocycles. The summed E-state index contributed by atoms with van der Waals surface area (Å²) in [5.74, 6) is -0.334. The summed E-state index contributed by atoms with van der Waals surface area (Å²) in [7, 11) is 0. The van der Waals surface area contributed by atoms with Gasteiger partial charge in [-0.1, -0.05) is 12.2 Å². The molecule has 0 aromatic carbocycles. The fourth-order valence-corrected chi connectivity index (χ4v) is 1.44. The summed E-state index contributed by atoms with van der Waals surface area (Å²) in [6.07, 6.45) is 4.36. The molecule has 74 valence electrons. The number of ether oxygens (including phenoxy) is 1. The Morgan fingerprint density at radius 1 is 1.54 bits per heavy atom. The molecule has 1 aliphatic rings. The smallest absolute Gasteiger partial charge is 0.327 e. The first-order chi connectivity index (χ1) is 6.11. The van der Waals surface area contributed by atoms with E-state index >= 15 is 0 Å². The van der Waals surface area contributed by atoms with Crippen molar-refractivity contribution in [2.45, 2.75) is 44.8 Å². The molecule has 1 rings (SSSR count). The van der Waals surface area contributed by atoms with Gasteiger partial charge >= 0.3 is 5.97 Å². The zero-order valence-corrected chi connectivity index (χ0v) is 8.08. The third kappa shape index (κ3) is 2.84. The van der Waals surface area contributed by atoms with Crippen molar-refractivity contribution in [3.05, 3.63) is 12.2 Å². The Morgan fingerprint density at radius 3 is 2.54 bits per heavy atom. The number of carbonyl (C=O) groups excluding carboxylic acids is 1. The molecule has 0 saturated heterocycles. The quantitative estimate of drug-likeness (QED) is 0.531. The van der Waals surface area contributed by atoms with Gasteiger partial charge in [0.05, 0.1) is 0 Å². The second-order valence-electron chi connectivity index (χ2n) is 3.67. The summed E-state index contributed by atoms with van der Waals surface area (Å²) in [6, 6.07) is -0.652. The van der Waals surface area contributed by atoms with Crippen LogP contribution in [-0.2, 0) is 9.53 Å². The van der Waals surface area contributed by atoms with Gasteiger partial charge in [0.1, 0.15) is 12.1 Å². The second-order valence-corrected chi connectivity index (χ2v) is 3.67. The molecule has 1 fully saturated rings. The van der Waals surface area contributed by atoms with E-state index in [4.69, 9.17) is 10.5 Å². The van der Waals surface area contributed by atoms with Crippen LogP contribution in [0.5, 0.6) is 0 Å². The van der Waals surface area contributed by atoms with Gasteiger partial charge < -0.3 is 10.5 Å². The van der Waals surface area contributed by atoms with Crippen LogP contribution in [0.4, 0.5) is 0 Å². The van der Waals surface area contributed by atoms with Gasteiger partial charge in [-0.2, -0.15) is 0 Å². The van der Waals surface area contributed by atoms with Crippen LogP contribution in [0.2, 0.25) is 0 Å². The van der Waals surface area contributed by atoms with Crippen LogP contribution in [0.25, 0.3) is 0 Å². The molecular formula is C10H17NO2. The van der Waals surface area contributed by atoms with Gasteiger partial charge in [-0.25, -0.2) is 4.79 Å². The van der Waals surface area contributed by atoms with Crippen molar-refractivity contribution in [1.29, 1.82) is 0 Å². The maximum absolute atomic E-state index is 11.3. The van der Waals surface area contributed by atoms with Crippen molar-refractivity contribution in [2.75, 3.05) is 0 Å². The lowest BCUT2D eigenvalue weighted by molar-refractivity contribution is -0.149. The lowest BCUT2D eigenvalue weighted by atomic mass is 10.2. The number of nitrogens with two attached hydrogens (primary N) is 1. The van der Waals surface area contributed by atoms with Crippen LogP contribution >= 0.6 is 0 Å². The molecular weight excluding hydrogens is 166 g/mol. The summed E-state index contributed by atoms with van der Waals surface area (Å²) in [5.41, 5.74) is 6.22. The Hall–Kier alpha value is -0.830. The third-order valence-corrected chi connectivity index (χ3v) is 2.37. The van der Waals surface area contributed by atoms with Gasteiger partial charge in [-0.3, -0.25) is 0 Å². The fraction of sp³-hybridized carbons (Fsp3) is 0.700. The van der Waals surface area contributed by atoms with Crippen molar-refractivity contribution in [1.82, 2.24) is 0 Å². The summed E-state index contributed by atoms with van der Waals surface area (Å²) in [6.45, 7) is 5.36. The lowest BCUT2D eigenvalue weighted by Crippen LogP contribution is -2.35. The zero-order valence-electron chi connectivity index (χ0n) is 8.08. The number of carbonyl (C=O) groups is 1.